The maximum Gasteiger partial charge on any atom is 0.123 e. The van der Waals surface area contributed by atoms with Gasteiger partial charge in [0.1, 0.15) is 5.82 Å². The molecular formula is C99H65FN4S2. The number of fused-ring (bicyclic) bond motifs is 14. The smallest absolute Gasteiger partial charge is 0.123 e. The molecule has 0 atom stereocenters. The number of rotatable bonds is 12. The third-order valence-corrected chi connectivity index (χ3v) is 23.8. The number of thiophene rings is 2. The van der Waals surface area contributed by atoms with E-state index in [1.165, 1.54) is 130 Å². The van der Waals surface area contributed by atoms with E-state index < -0.39 is 5.41 Å². The minimum absolute atomic E-state index is 0.249. The molecule has 106 heavy (non-hydrogen) atoms. The van der Waals surface area contributed by atoms with Crippen LogP contribution in [0, 0.1) is 5.82 Å². The lowest BCUT2D eigenvalue weighted by Gasteiger charge is -2.35. The summed E-state index contributed by atoms with van der Waals surface area (Å²) >= 11 is 3.77. The molecule has 1 aliphatic rings. The number of aromatic nitrogens is 2. The Morgan fingerprint density at radius 3 is 1.20 bits per heavy atom. The van der Waals surface area contributed by atoms with Crippen molar-refractivity contribution in [3.63, 3.8) is 0 Å². The molecule has 20 aromatic rings. The van der Waals surface area contributed by atoms with Gasteiger partial charge in [-0.15, -0.1) is 22.7 Å². The quantitative estimate of drug-likeness (QED) is 0.121. The summed E-state index contributed by atoms with van der Waals surface area (Å²) in [4.78, 5) is 4.61. The number of nitrogens with zero attached hydrogens (tertiary/aromatic N) is 4. The maximum absolute atomic E-state index is 14.0. The highest BCUT2D eigenvalue weighted by Gasteiger charge is 2.46. The van der Waals surface area contributed by atoms with Crippen LogP contribution in [0.5, 0.6) is 0 Å². The van der Waals surface area contributed by atoms with Crippen LogP contribution < -0.4 is 9.80 Å². The Kier molecular flexibility index (Phi) is 15.3. The Hall–Kier alpha value is -13.2. The monoisotopic (exact) mass is 1390 g/mol. The van der Waals surface area contributed by atoms with E-state index in [1.54, 1.807) is 0 Å². The molecular weight excluding hydrogens is 1330 g/mol. The van der Waals surface area contributed by atoms with Gasteiger partial charge in [0.25, 0.3) is 0 Å². The summed E-state index contributed by atoms with van der Waals surface area (Å²) in [7, 11) is 0. The number of anilines is 6. The SMILES string of the molecule is Fc1ccc(N(c2ccc(-c3cccc4c3sc3c5ccccc5n(-c5ccccc5)c43)cc2)c2cccc3ccccc23)cc1.c1ccc(N(c2ccc(-c3cccc4c3sc3c5ccccc5n(-c5ccccc5)c43)cc2)c2ccc3c(c2)C(c2ccccc2)(c2ccccc2)c2ccccc2-3)cc1. The van der Waals surface area contributed by atoms with E-state index in [0.717, 1.165) is 56.1 Å². The fraction of sp³-hybridized carbons (Fsp3) is 0.0101. The van der Waals surface area contributed by atoms with Crippen molar-refractivity contribution in [1.82, 2.24) is 9.13 Å². The topological polar surface area (TPSA) is 16.3 Å². The highest BCUT2D eigenvalue weighted by atomic mass is 32.1. The Bertz CT molecular complexity index is 6640. The molecule has 0 saturated heterocycles. The number of hydrogen-bond acceptors (Lipinski definition) is 4. The van der Waals surface area contributed by atoms with Gasteiger partial charge in [-0.2, -0.15) is 0 Å². The van der Waals surface area contributed by atoms with E-state index in [0.29, 0.717) is 0 Å². The van der Waals surface area contributed by atoms with Crippen LogP contribution in [0.3, 0.4) is 0 Å². The molecule has 0 unspecified atom stereocenters. The van der Waals surface area contributed by atoms with Crippen LogP contribution >= 0.6 is 22.7 Å². The number of benzene rings is 16. The van der Waals surface area contributed by atoms with Crippen molar-refractivity contribution in [3.8, 4) is 44.8 Å². The van der Waals surface area contributed by atoms with E-state index in [4.69, 9.17) is 0 Å². The van der Waals surface area contributed by atoms with Crippen molar-refractivity contribution < 1.29 is 4.39 Å². The standard InChI is InChI=1S/C57H38N2S.C42H27FN2S/c1-5-18-40(19-6-1)57(41-20-7-2-8-21-41)51-30-15-13-26-47(51)48-37-36-45(38-52(48)57)58(42-22-9-3-10-23-42)44-34-32-39(33-35-44)46-28-17-29-50-54-56(60-55(46)50)49-27-14-16-31-53(49)59(54)43-24-11-4-12-25-43;43-30-22-26-33(27-23-30)44(38-19-8-11-28-10-4-5-14-34(28)38)32-24-20-29(21-25-32)35-16-9-17-37-40-42(46-41(35)37)36-15-6-7-18-39(36)45(40)31-12-2-1-3-13-31/h1-38H;1-27H. The predicted octanol–water partition coefficient (Wildman–Crippen LogP) is 27.9. The van der Waals surface area contributed by atoms with E-state index in [1.807, 2.05) is 34.8 Å². The largest absolute Gasteiger partial charge is 0.310 e. The molecule has 16 aromatic carbocycles. The van der Waals surface area contributed by atoms with Crippen molar-refractivity contribution in [2.45, 2.75) is 5.41 Å². The molecule has 0 N–H and O–H groups in total. The average molecular weight is 1390 g/mol. The third kappa shape index (κ3) is 10.2. The van der Waals surface area contributed by atoms with Crippen LogP contribution in [0.25, 0.3) is 118 Å². The molecule has 0 aliphatic heterocycles. The summed E-state index contributed by atoms with van der Waals surface area (Å²) in [6.45, 7) is 0. The second kappa shape index (κ2) is 26.0. The maximum atomic E-state index is 14.0. The summed E-state index contributed by atoms with van der Waals surface area (Å²) in [6, 6.07) is 141. The number of halogens is 1. The van der Waals surface area contributed by atoms with Crippen LogP contribution in [0.1, 0.15) is 22.3 Å². The summed E-state index contributed by atoms with van der Waals surface area (Å²) in [5, 5.41) is 7.39. The second-order valence-corrected chi connectivity index (χ2v) is 29.2. The summed E-state index contributed by atoms with van der Waals surface area (Å²) in [5.74, 6) is -0.249. The Balaban J connectivity index is 0.000000145. The van der Waals surface area contributed by atoms with Crippen LogP contribution in [0.4, 0.5) is 38.5 Å². The Morgan fingerprint density at radius 1 is 0.264 bits per heavy atom. The van der Waals surface area contributed by atoms with Gasteiger partial charge in [0.2, 0.25) is 0 Å². The summed E-state index contributed by atoms with van der Waals surface area (Å²) in [6.07, 6.45) is 0. The summed E-state index contributed by atoms with van der Waals surface area (Å²) in [5.41, 5.74) is 25.7. The molecule has 7 heteroatoms. The molecule has 0 radical (unpaired) electrons. The van der Waals surface area contributed by atoms with Crippen molar-refractivity contribution >= 4 is 130 Å². The molecule has 0 saturated carbocycles. The molecule has 1 aliphatic carbocycles. The normalized spacial score (nSPS) is 12.3. The molecule has 4 aromatic heterocycles. The van der Waals surface area contributed by atoms with E-state index in [2.05, 4.69) is 389 Å². The van der Waals surface area contributed by atoms with Gasteiger partial charge in [-0.25, -0.2) is 4.39 Å². The second-order valence-electron chi connectivity index (χ2n) is 27.1. The lowest BCUT2D eigenvalue weighted by atomic mass is 9.67. The van der Waals surface area contributed by atoms with Gasteiger partial charge in [-0.3, -0.25) is 0 Å². The minimum atomic E-state index is -0.479. The molecule has 4 heterocycles. The van der Waals surface area contributed by atoms with Crippen LogP contribution in [0.2, 0.25) is 0 Å². The fourth-order valence-electron chi connectivity index (χ4n) is 16.7. The van der Waals surface area contributed by atoms with Gasteiger partial charge in [0.05, 0.1) is 42.6 Å². The Labute approximate surface area is 621 Å². The zero-order valence-electron chi connectivity index (χ0n) is 57.5. The molecule has 4 nitrogen and oxygen atoms in total. The van der Waals surface area contributed by atoms with E-state index >= 15 is 0 Å². The van der Waals surface area contributed by atoms with E-state index in [-0.39, 0.29) is 5.82 Å². The molecule has 21 rings (SSSR count). The van der Waals surface area contributed by atoms with Crippen molar-refractivity contribution in [2.75, 3.05) is 9.80 Å². The highest BCUT2D eigenvalue weighted by Crippen LogP contribution is 2.58. The summed E-state index contributed by atoms with van der Waals surface area (Å²) < 4.78 is 24.1. The first kappa shape index (κ1) is 62.6. The first-order valence-corrected chi connectivity index (χ1v) is 37.6. The molecule has 0 amide bonds. The molecule has 0 bridgehead atoms. The highest BCUT2D eigenvalue weighted by molar-refractivity contribution is 7.27. The third-order valence-electron chi connectivity index (χ3n) is 21.3. The molecule has 0 spiro atoms. The minimum Gasteiger partial charge on any atom is -0.310 e. The van der Waals surface area contributed by atoms with Crippen LogP contribution in [-0.4, -0.2) is 9.13 Å². The van der Waals surface area contributed by atoms with Crippen molar-refractivity contribution in [3.05, 3.63) is 422 Å². The molecule has 500 valence electrons. The van der Waals surface area contributed by atoms with Gasteiger partial charge in [-0.1, -0.05) is 279 Å². The Morgan fingerprint density at radius 2 is 0.651 bits per heavy atom. The van der Waals surface area contributed by atoms with Gasteiger partial charge in [-0.05, 0) is 176 Å². The van der Waals surface area contributed by atoms with Crippen LogP contribution in [-0.2, 0) is 5.41 Å². The van der Waals surface area contributed by atoms with Gasteiger partial charge >= 0.3 is 0 Å². The average Bonchev–Trinajstić information content (AvgIpc) is 1.55. The lowest BCUT2D eigenvalue weighted by molar-refractivity contribution is 0.628. The zero-order valence-corrected chi connectivity index (χ0v) is 59.1. The zero-order chi connectivity index (χ0) is 70.2. The first-order chi connectivity index (χ1) is 52.5. The molecule has 0 fully saturated rings. The van der Waals surface area contributed by atoms with Gasteiger partial charge in [0, 0.05) is 76.1 Å². The number of hydrogen-bond donors (Lipinski definition) is 0. The van der Waals surface area contributed by atoms with Crippen LogP contribution in [0.15, 0.2) is 394 Å². The first-order valence-electron chi connectivity index (χ1n) is 36.0. The van der Waals surface area contributed by atoms with Gasteiger partial charge < -0.3 is 18.9 Å². The van der Waals surface area contributed by atoms with Gasteiger partial charge in [0.15, 0.2) is 0 Å². The fourth-order valence-corrected chi connectivity index (χ4v) is 19.4. The van der Waals surface area contributed by atoms with Crippen molar-refractivity contribution in [1.29, 1.82) is 0 Å². The van der Waals surface area contributed by atoms with Crippen molar-refractivity contribution in [2.24, 2.45) is 0 Å². The lowest BCUT2D eigenvalue weighted by Crippen LogP contribution is -2.28. The number of para-hydroxylation sites is 5. The van der Waals surface area contributed by atoms with E-state index in [9.17, 15) is 4.39 Å². The predicted molar refractivity (Wildman–Crippen MR) is 447 cm³/mol.